The van der Waals surface area contributed by atoms with E-state index in [1.165, 1.54) is 31.3 Å². The summed E-state index contributed by atoms with van der Waals surface area (Å²) in [5.41, 5.74) is 3.36. The van der Waals surface area contributed by atoms with Gasteiger partial charge in [-0.3, -0.25) is 4.99 Å². The third-order valence-electron chi connectivity index (χ3n) is 2.29. The zero-order valence-corrected chi connectivity index (χ0v) is 10.8. The molecule has 1 heteroatoms. The molecule has 0 aliphatic heterocycles. The van der Waals surface area contributed by atoms with Crippen LogP contribution in [0.15, 0.2) is 28.4 Å². The third-order valence-corrected chi connectivity index (χ3v) is 2.29. The summed E-state index contributed by atoms with van der Waals surface area (Å²) in [4.78, 5) is 4.48. The van der Waals surface area contributed by atoms with Crippen LogP contribution < -0.4 is 0 Å². The molecule has 0 aromatic carbocycles. The number of rotatable bonds is 7. The van der Waals surface area contributed by atoms with Crippen LogP contribution in [0.5, 0.6) is 0 Å². The molecule has 0 fully saturated rings. The maximum Gasteiger partial charge on any atom is 0.0635 e. The summed E-state index contributed by atoms with van der Waals surface area (Å²) in [6, 6.07) is 0. The van der Waals surface area contributed by atoms with Crippen LogP contribution >= 0.6 is 0 Å². The second-order valence-corrected chi connectivity index (χ2v) is 4.29. The summed E-state index contributed by atoms with van der Waals surface area (Å²) in [6.07, 6.45) is 8.33. The number of aliphatic imine (C=N–C) groups is 1. The maximum atomic E-state index is 4.48. The van der Waals surface area contributed by atoms with E-state index < -0.39 is 0 Å². The van der Waals surface area contributed by atoms with E-state index in [0.717, 1.165) is 17.7 Å². The minimum Gasteiger partial charge on any atom is -0.261 e. The average molecular weight is 207 g/mol. The van der Waals surface area contributed by atoms with Crippen molar-refractivity contribution < 1.29 is 0 Å². The minimum atomic E-state index is 1.06. The van der Waals surface area contributed by atoms with Crippen LogP contribution in [0.4, 0.5) is 0 Å². The Morgan fingerprint density at radius 2 is 1.80 bits per heavy atom. The smallest absolute Gasteiger partial charge is 0.0635 e. The maximum absolute atomic E-state index is 4.48. The summed E-state index contributed by atoms with van der Waals surface area (Å²) < 4.78 is 0. The fraction of sp³-hybridized carbons (Fsp3) is 0.643. The van der Waals surface area contributed by atoms with Crippen LogP contribution in [0, 0.1) is 0 Å². The third kappa shape index (κ3) is 7.12. The molecule has 0 N–H and O–H groups in total. The number of unbranched alkanes of at least 4 members (excludes halogenated alkanes) is 4. The van der Waals surface area contributed by atoms with Crippen LogP contribution in [-0.2, 0) is 0 Å². The molecule has 0 rings (SSSR count). The van der Waals surface area contributed by atoms with Crippen molar-refractivity contribution in [2.24, 2.45) is 4.99 Å². The molecule has 1 nitrogen and oxygen atoms in total. The molecule has 15 heavy (non-hydrogen) atoms. The van der Waals surface area contributed by atoms with Crippen molar-refractivity contribution >= 4 is 6.21 Å². The van der Waals surface area contributed by atoms with Crippen molar-refractivity contribution in [2.75, 3.05) is 0 Å². The SMILES string of the molecule is C=C(C)C(/N=C\CCCCCC)=C(C)C. The Bertz CT molecular complexity index is 242. The van der Waals surface area contributed by atoms with Crippen LogP contribution in [0.2, 0.25) is 0 Å². The molecule has 0 aliphatic rings. The Kier molecular flexibility index (Phi) is 7.98. The van der Waals surface area contributed by atoms with Gasteiger partial charge in [0.05, 0.1) is 5.70 Å². The lowest BCUT2D eigenvalue weighted by Gasteiger charge is -2.02. The number of hydrogen-bond acceptors (Lipinski definition) is 1. The Labute approximate surface area is 95.0 Å². The highest BCUT2D eigenvalue weighted by molar-refractivity contribution is 5.60. The first-order valence-corrected chi connectivity index (χ1v) is 5.95. The van der Waals surface area contributed by atoms with Crippen LogP contribution in [0.3, 0.4) is 0 Å². The van der Waals surface area contributed by atoms with Gasteiger partial charge < -0.3 is 0 Å². The quantitative estimate of drug-likeness (QED) is 0.320. The van der Waals surface area contributed by atoms with E-state index in [1.54, 1.807) is 0 Å². The van der Waals surface area contributed by atoms with Gasteiger partial charge in [0, 0.05) is 6.21 Å². The topological polar surface area (TPSA) is 12.4 Å². The van der Waals surface area contributed by atoms with Crippen molar-refractivity contribution in [3.63, 3.8) is 0 Å². The lowest BCUT2D eigenvalue weighted by molar-refractivity contribution is 0.685. The second kappa shape index (κ2) is 8.46. The fourth-order valence-electron chi connectivity index (χ4n) is 1.48. The van der Waals surface area contributed by atoms with Crippen molar-refractivity contribution in [3.05, 3.63) is 23.4 Å². The fourth-order valence-corrected chi connectivity index (χ4v) is 1.48. The molecule has 0 amide bonds. The van der Waals surface area contributed by atoms with E-state index in [4.69, 9.17) is 0 Å². The van der Waals surface area contributed by atoms with Gasteiger partial charge in [-0.25, -0.2) is 0 Å². The largest absolute Gasteiger partial charge is 0.261 e. The first kappa shape index (κ1) is 14.2. The first-order chi connectivity index (χ1) is 7.09. The van der Waals surface area contributed by atoms with E-state index in [2.05, 4.69) is 32.3 Å². The first-order valence-electron chi connectivity index (χ1n) is 5.95. The van der Waals surface area contributed by atoms with E-state index in [1.807, 2.05) is 13.1 Å². The molecule has 0 saturated carbocycles. The van der Waals surface area contributed by atoms with E-state index in [-0.39, 0.29) is 0 Å². The second-order valence-electron chi connectivity index (χ2n) is 4.29. The molecule has 0 aromatic heterocycles. The van der Waals surface area contributed by atoms with Gasteiger partial charge in [0.15, 0.2) is 0 Å². The summed E-state index contributed by atoms with van der Waals surface area (Å²) >= 11 is 0. The summed E-state index contributed by atoms with van der Waals surface area (Å²) in [6.45, 7) is 12.3. The van der Waals surface area contributed by atoms with Gasteiger partial charge >= 0.3 is 0 Å². The van der Waals surface area contributed by atoms with Crippen molar-refractivity contribution in [1.29, 1.82) is 0 Å². The standard InChI is InChI=1S/C14H25N/c1-6-7-8-9-10-11-15-14(12(2)3)13(4)5/h11H,2,6-10H2,1,3-5H3/b15-11-. The molecule has 0 heterocycles. The van der Waals surface area contributed by atoms with Crippen LogP contribution in [0.25, 0.3) is 0 Å². The molecule has 0 spiro atoms. The van der Waals surface area contributed by atoms with Gasteiger partial charge in [0.1, 0.15) is 0 Å². The Balaban J connectivity index is 3.94. The van der Waals surface area contributed by atoms with Gasteiger partial charge in [0.2, 0.25) is 0 Å². The summed E-state index contributed by atoms with van der Waals surface area (Å²) in [5.74, 6) is 0. The van der Waals surface area contributed by atoms with Gasteiger partial charge in [-0.15, -0.1) is 0 Å². The van der Waals surface area contributed by atoms with Gasteiger partial charge in [-0.1, -0.05) is 38.3 Å². The molecule has 0 aliphatic carbocycles. The Morgan fingerprint density at radius 1 is 1.13 bits per heavy atom. The molecular weight excluding hydrogens is 182 g/mol. The normalized spacial score (nSPS) is 10.7. The van der Waals surface area contributed by atoms with Gasteiger partial charge in [-0.2, -0.15) is 0 Å². The molecule has 0 aromatic rings. The lowest BCUT2D eigenvalue weighted by atomic mass is 10.1. The monoisotopic (exact) mass is 207 g/mol. The predicted molar refractivity (Wildman–Crippen MR) is 70.4 cm³/mol. The van der Waals surface area contributed by atoms with E-state index in [9.17, 15) is 0 Å². The highest BCUT2D eigenvalue weighted by atomic mass is 14.7. The average Bonchev–Trinajstić information content (AvgIpc) is 2.15. The highest BCUT2D eigenvalue weighted by Gasteiger charge is 1.96. The molecule has 86 valence electrons. The zero-order chi connectivity index (χ0) is 11.7. The van der Waals surface area contributed by atoms with Crippen molar-refractivity contribution in [3.8, 4) is 0 Å². The molecule has 0 saturated heterocycles. The van der Waals surface area contributed by atoms with Crippen LogP contribution in [-0.4, -0.2) is 6.21 Å². The van der Waals surface area contributed by atoms with Gasteiger partial charge in [-0.05, 0) is 39.2 Å². The Hall–Kier alpha value is -0.850. The zero-order valence-electron chi connectivity index (χ0n) is 10.8. The number of nitrogens with zero attached hydrogens (tertiary/aromatic N) is 1. The van der Waals surface area contributed by atoms with E-state index >= 15 is 0 Å². The summed E-state index contributed by atoms with van der Waals surface area (Å²) in [7, 11) is 0. The number of hydrogen-bond donors (Lipinski definition) is 0. The Morgan fingerprint density at radius 3 is 2.27 bits per heavy atom. The molecular formula is C14H25N. The van der Waals surface area contributed by atoms with Crippen molar-refractivity contribution in [1.82, 2.24) is 0 Å². The predicted octanol–water partition coefficient (Wildman–Crippen LogP) is 4.90. The number of allylic oxidation sites excluding steroid dienone is 2. The molecule has 0 atom stereocenters. The highest BCUT2D eigenvalue weighted by Crippen LogP contribution is 2.13. The van der Waals surface area contributed by atoms with Crippen LogP contribution in [0.1, 0.15) is 59.8 Å². The molecule has 0 unspecified atom stereocenters. The van der Waals surface area contributed by atoms with E-state index in [0.29, 0.717) is 0 Å². The van der Waals surface area contributed by atoms with Gasteiger partial charge in [0.25, 0.3) is 0 Å². The lowest BCUT2D eigenvalue weighted by Crippen LogP contribution is -1.86. The molecule has 0 bridgehead atoms. The summed E-state index contributed by atoms with van der Waals surface area (Å²) in [5, 5.41) is 0. The molecule has 0 radical (unpaired) electrons. The van der Waals surface area contributed by atoms with Crippen molar-refractivity contribution in [2.45, 2.75) is 59.8 Å². The minimum absolute atomic E-state index is 1.06.